The fourth-order valence-electron chi connectivity index (χ4n) is 5.40. The number of amides is 2. The number of carbonyl (C=O) groups excluding carboxylic acids is 1. The van der Waals surface area contributed by atoms with E-state index in [4.69, 9.17) is 32.9 Å². The van der Waals surface area contributed by atoms with Gasteiger partial charge in [-0.1, -0.05) is 47.5 Å². The number of hydrogen-bond acceptors (Lipinski definition) is 6. The summed E-state index contributed by atoms with van der Waals surface area (Å²) in [7, 11) is -3.38. The van der Waals surface area contributed by atoms with E-state index in [0.717, 1.165) is 11.1 Å². The van der Waals surface area contributed by atoms with E-state index in [2.05, 4.69) is 6.07 Å². The van der Waals surface area contributed by atoms with Gasteiger partial charge in [-0.3, -0.25) is 9.89 Å². The molecule has 2 aliphatic heterocycles. The van der Waals surface area contributed by atoms with Gasteiger partial charge in [-0.2, -0.15) is 9.57 Å². The molecule has 3 aromatic rings. The number of carbonyl (C=O) groups is 1. The predicted molar refractivity (Wildman–Crippen MR) is 167 cm³/mol. The maximum Gasteiger partial charge on any atom is 0.326 e. The first-order valence-corrected chi connectivity index (χ1v) is 16.3. The Labute approximate surface area is 261 Å². The van der Waals surface area contributed by atoms with Gasteiger partial charge >= 0.3 is 6.03 Å². The van der Waals surface area contributed by atoms with Crippen molar-refractivity contribution in [3.8, 4) is 11.8 Å². The minimum atomic E-state index is -3.38. The van der Waals surface area contributed by atoms with Crippen molar-refractivity contribution in [3.05, 3.63) is 99.0 Å². The van der Waals surface area contributed by atoms with Crippen LogP contribution < -0.4 is 4.74 Å². The smallest absolute Gasteiger partial charge is 0.326 e. The van der Waals surface area contributed by atoms with Crippen molar-refractivity contribution >= 4 is 45.1 Å². The highest BCUT2D eigenvalue weighted by molar-refractivity contribution is 7.89. The molecule has 1 fully saturated rings. The lowest BCUT2D eigenvalue weighted by Crippen LogP contribution is -2.55. The van der Waals surface area contributed by atoms with E-state index in [9.17, 15) is 18.5 Å². The predicted octanol–water partition coefficient (Wildman–Crippen LogP) is 5.90. The first kappa shape index (κ1) is 30.8. The van der Waals surface area contributed by atoms with Crippen LogP contribution in [-0.4, -0.2) is 72.9 Å². The second kappa shape index (κ2) is 12.9. The lowest BCUT2D eigenvalue weighted by molar-refractivity contribution is 0.143. The van der Waals surface area contributed by atoms with Crippen molar-refractivity contribution < 1.29 is 17.9 Å². The number of nitriles is 1. The van der Waals surface area contributed by atoms with Crippen LogP contribution in [0.1, 0.15) is 48.2 Å². The second-order valence-corrected chi connectivity index (χ2v) is 13.3. The van der Waals surface area contributed by atoms with E-state index < -0.39 is 22.1 Å². The zero-order valence-electron chi connectivity index (χ0n) is 23.8. The van der Waals surface area contributed by atoms with E-state index in [1.807, 2.05) is 31.2 Å². The number of aliphatic imine (C=N–C) groups is 1. The summed E-state index contributed by atoms with van der Waals surface area (Å²) in [5, 5.41) is 10.7. The summed E-state index contributed by atoms with van der Waals surface area (Å²) in [5.41, 5.74) is 2.65. The van der Waals surface area contributed by atoms with Gasteiger partial charge in [-0.05, 0) is 67.4 Å². The van der Waals surface area contributed by atoms with Crippen molar-refractivity contribution in [1.29, 1.82) is 5.26 Å². The number of halogens is 2. The van der Waals surface area contributed by atoms with E-state index in [1.165, 1.54) is 4.31 Å². The van der Waals surface area contributed by atoms with Crippen LogP contribution in [0.15, 0.2) is 71.7 Å². The van der Waals surface area contributed by atoms with Crippen molar-refractivity contribution in [2.45, 2.75) is 25.9 Å². The molecule has 2 atom stereocenters. The van der Waals surface area contributed by atoms with Gasteiger partial charge in [-0.25, -0.2) is 13.2 Å². The van der Waals surface area contributed by atoms with Crippen LogP contribution in [0.25, 0.3) is 0 Å². The molecule has 43 heavy (non-hydrogen) atoms. The zero-order valence-corrected chi connectivity index (χ0v) is 26.1. The molecule has 1 saturated heterocycles. The lowest BCUT2D eigenvalue weighted by Gasteiger charge is -2.38. The first-order chi connectivity index (χ1) is 20.7. The number of urea groups is 1. The number of ether oxygens (including phenoxy) is 1. The van der Waals surface area contributed by atoms with Crippen LogP contribution in [0, 0.1) is 11.3 Å². The minimum Gasteiger partial charge on any atom is -0.493 e. The molecule has 0 radical (unpaired) electrons. The van der Waals surface area contributed by atoms with Crippen molar-refractivity contribution in [3.63, 3.8) is 0 Å². The molecule has 0 bridgehead atoms. The third kappa shape index (κ3) is 6.36. The maximum absolute atomic E-state index is 14.5. The molecule has 2 aliphatic rings. The summed E-state index contributed by atoms with van der Waals surface area (Å²) in [6, 6.07) is 20.5. The van der Waals surface area contributed by atoms with E-state index in [-0.39, 0.29) is 38.0 Å². The molecule has 0 spiro atoms. The second-order valence-electron chi connectivity index (χ2n) is 10.1. The summed E-state index contributed by atoms with van der Waals surface area (Å²) >= 11 is 12.5. The molecule has 0 aliphatic carbocycles. The highest BCUT2D eigenvalue weighted by Crippen LogP contribution is 2.45. The number of benzene rings is 3. The van der Waals surface area contributed by atoms with Gasteiger partial charge in [0.2, 0.25) is 10.0 Å². The van der Waals surface area contributed by atoms with Gasteiger partial charge in [0.25, 0.3) is 0 Å². The monoisotopic (exact) mass is 639 g/mol. The van der Waals surface area contributed by atoms with Crippen LogP contribution in [0.2, 0.25) is 10.0 Å². The molecule has 2 heterocycles. The maximum atomic E-state index is 14.5. The Morgan fingerprint density at radius 1 is 0.953 bits per heavy atom. The van der Waals surface area contributed by atoms with Gasteiger partial charge in [0.05, 0.1) is 35.6 Å². The molecule has 5 rings (SSSR count). The van der Waals surface area contributed by atoms with Crippen LogP contribution in [0.4, 0.5) is 4.79 Å². The topological polar surface area (TPSA) is 106 Å². The fraction of sp³-hybridized carbons (Fsp3) is 0.323. The van der Waals surface area contributed by atoms with E-state index in [1.54, 1.807) is 59.2 Å². The molecule has 0 saturated carbocycles. The van der Waals surface area contributed by atoms with Crippen LogP contribution >= 0.6 is 23.2 Å². The average molecular weight is 641 g/mol. The van der Waals surface area contributed by atoms with Crippen LogP contribution in [0.3, 0.4) is 0 Å². The molecule has 2 amide bonds. The van der Waals surface area contributed by atoms with Gasteiger partial charge in [-0.15, -0.1) is 0 Å². The van der Waals surface area contributed by atoms with Crippen LogP contribution in [-0.2, 0) is 10.0 Å². The lowest BCUT2D eigenvalue weighted by atomic mass is 9.93. The van der Waals surface area contributed by atoms with Gasteiger partial charge in [0.1, 0.15) is 17.6 Å². The molecule has 0 aromatic heterocycles. The van der Waals surface area contributed by atoms with Crippen molar-refractivity contribution in [2.75, 3.05) is 38.5 Å². The average Bonchev–Trinajstić information content (AvgIpc) is 3.41. The fourth-order valence-corrected chi connectivity index (χ4v) is 6.74. The normalized spacial score (nSPS) is 19.2. The molecule has 9 nitrogen and oxygen atoms in total. The van der Waals surface area contributed by atoms with Gasteiger partial charge in [0.15, 0.2) is 0 Å². The third-order valence-corrected chi connectivity index (χ3v) is 10.0. The SMILES string of the molecule is CCOc1cc(C#N)ccc1C1=N[C@@H](c2ccc(Cl)cc2)[C@@H](c2ccc(Cl)cc2)N1C(=O)N1CCN(S(=O)(=O)CC)CC1. The Hall–Kier alpha value is -3.62. The zero-order chi connectivity index (χ0) is 30.7. The largest absolute Gasteiger partial charge is 0.493 e. The Bertz CT molecular complexity index is 1670. The minimum absolute atomic E-state index is 0.00416. The van der Waals surface area contributed by atoms with Crippen molar-refractivity contribution in [2.24, 2.45) is 4.99 Å². The molecular weight excluding hydrogens is 609 g/mol. The van der Waals surface area contributed by atoms with E-state index >= 15 is 0 Å². The summed E-state index contributed by atoms with van der Waals surface area (Å²) < 4.78 is 32.4. The highest BCUT2D eigenvalue weighted by Gasteiger charge is 2.45. The highest BCUT2D eigenvalue weighted by atomic mass is 35.5. The van der Waals surface area contributed by atoms with Gasteiger partial charge < -0.3 is 9.64 Å². The van der Waals surface area contributed by atoms with Crippen molar-refractivity contribution in [1.82, 2.24) is 14.1 Å². The first-order valence-electron chi connectivity index (χ1n) is 14.0. The standard InChI is InChI=1S/C31H31Cl2N5O4S/c1-3-42-27-19-21(20-34)5-14-26(27)30-35-28(22-6-10-24(32)11-7-22)29(23-8-12-25(33)13-9-23)38(30)31(39)36-15-17-37(18-16-36)43(40,41)4-2/h5-14,19,28-29H,3-4,15-18H2,1-2H3/t28-,29+/m0/s1. The Kier molecular flexibility index (Phi) is 9.28. The quantitative estimate of drug-likeness (QED) is 0.320. The Morgan fingerprint density at radius 2 is 1.56 bits per heavy atom. The van der Waals surface area contributed by atoms with Crippen LogP contribution in [0.5, 0.6) is 5.75 Å². The molecule has 0 unspecified atom stereocenters. The number of nitrogens with zero attached hydrogens (tertiary/aromatic N) is 5. The summed E-state index contributed by atoms with van der Waals surface area (Å²) in [6.45, 7) is 4.67. The number of amidine groups is 1. The van der Waals surface area contributed by atoms with E-state index in [0.29, 0.717) is 39.4 Å². The van der Waals surface area contributed by atoms with Gasteiger partial charge in [0, 0.05) is 36.2 Å². The third-order valence-electron chi connectivity index (χ3n) is 7.61. The Morgan fingerprint density at radius 3 is 2.12 bits per heavy atom. The number of sulfonamides is 1. The number of piperazine rings is 1. The number of hydrogen-bond donors (Lipinski definition) is 0. The molecule has 224 valence electrons. The Balaban J connectivity index is 1.64. The molecule has 0 N–H and O–H groups in total. The number of rotatable bonds is 7. The molecule has 3 aromatic carbocycles. The molecular formula is C31H31Cl2N5O4S. The summed E-state index contributed by atoms with van der Waals surface area (Å²) in [6.07, 6.45) is 0. The molecule has 12 heteroatoms. The summed E-state index contributed by atoms with van der Waals surface area (Å²) in [4.78, 5) is 23.0. The summed E-state index contributed by atoms with van der Waals surface area (Å²) in [5.74, 6) is 0.828.